The van der Waals surface area contributed by atoms with Crippen LogP contribution in [0.2, 0.25) is 0 Å². The van der Waals surface area contributed by atoms with Crippen LogP contribution in [0.3, 0.4) is 0 Å². The number of nitrogens with two attached hydrogens (primary N) is 1. The van der Waals surface area contributed by atoms with Crippen molar-refractivity contribution in [3.63, 3.8) is 0 Å². The number of amides is 1. The lowest BCUT2D eigenvalue weighted by Gasteiger charge is -2.17. The van der Waals surface area contributed by atoms with Gasteiger partial charge in [0.05, 0.1) is 5.92 Å². The first-order valence-corrected chi connectivity index (χ1v) is 7.65. The van der Waals surface area contributed by atoms with Crippen LogP contribution in [0.4, 0.5) is 4.39 Å². The molecule has 5 heteroatoms. The van der Waals surface area contributed by atoms with Crippen molar-refractivity contribution < 1.29 is 9.18 Å². The SMILES string of the molecule is NC(=O)[C@@H](CN[C@@H]1CCSC1)Cc1ccc(F)cc1. The standard InChI is InChI=1S/C14H19FN2OS/c15-12-3-1-10(2-4-12)7-11(14(16)18)8-17-13-5-6-19-9-13/h1-4,11,13,17H,5-9H2,(H2,16,18)/t11-,13-/m1/s1. The van der Waals surface area contributed by atoms with Crippen molar-refractivity contribution in [1.29, 1.82) is 0 Å². The second-order valence-electron chi connectivity index (χ2n) is 4.90. The molecule has 0 saturated carbocycles. The molecule has 1 amide bonds. The lowest BCUT2D eigenvalue weighted by atomic mass is 9.98. The van der Waals surface area contributed by atoms with Crippen LogP contribution in [-0.2, 0) is 11.2 Å². The number of hydrogen-bond donors (Lipinski definition) is 2. The van der Waals surface area contributed by atoms with Crippen LogP contribution in [0.25, 0.3) is 0 Å². The number of carbonyl (C=O) groups excluding carboxylic acids is 1. The second-order valence-corrected chi connectivity index (χ2v) is 6.05. The third-order valence-corrected chi connectivity index (χ3v) is 4.54. The summed E-state index contributed by atoms with van der Waals surface area (Å²) >= 11 is 1.93. The predicted molar refractivity (Wildman–Crippen MR) is 76.5 cm³/mol. The Kier molecular flexibility index (Phi) is 5.22. The molecule has 2 atom stereocenters. The van der Waals surface area contributed by atoms with E-state index in [0.29, 0.717) is 19.0 Å². The number of halogens is 1. The van der Waals surface area contributed by atoms with Crippen LogP contribution >= 0.6 is 11.8 Å². The molecule has 1 aromatic carbocycles. The molecule has 104 valence electrons. The summed E-state index contributed by atoms with van der Waals surface area (Å²) in [5.41, 5.74) is 6.38. The minimum absolute atomic E-state index is 0.240. The number of carbonyl (C=O) groups is 1. The summed E-state index contributed by atoms with van der Waals surface area (Å²) < 4.78 is 12.8. The Labute approximate surface area is 117 Å². The van der Waals surface area contributed by atoms with Gasteiger partial charge in [0, 0.05) is 18.3 Å². The Morgan fingerprint density at radius 1 is 1.47 bits per heavy atom. The molecule has 0 radical (unpaired) electrons. The molecule has 3 nitrogen and oxygen atoms in total. The quantitative estimate of drug-likeness (QED) is 0.832. The molecule has 19 heavy (non-hydrogen) atoms. The highest BCUT2D eigenvalue weighted by atomic mass is 32.2. The molecule has 0 bridgehead atoms. The fourth-order valence-electron chi connectivity index (χ4n) is 2.18. The summed E-state index contributed by atoms with van der Waals surface area (Å²) in [6.45, 7) is 0.595. The first-order valence-electron chi connectivity index (χ1n) is 6.50. The highest BCUT2D eigenvalue weighted by molar-refractivity contribution is 7.99. The van der Waals surface area contributed by atoms with Crippen LogP contribution in [0, 0.1) is 11.7 Å². The number of benzene rings is 1. The van der Waals surface area contributed by atoms with Crippen molar-refractivity contribution in [3.05, 3.63) is 35.6 Å². The number of thioether (sulfide) groups is 1. The second kappa shape index (κ2) is 6.91. The Hall–Kier alpha value is -1.07. The molecule has 1 aliphatic rings. The summed E-state index contributed by atoms with van der Waals surface area (Å²) in [5, 5.41) is 3.40. The highest BCUT2D eigenvalue weighted by Gasteiger charge is 2.20. The molecule has 1 heterocycles. The fraction of sp³-hybridized carbons (Fsp3) is 0.500. The van der Waals surface area contributed by atoms with Crippen LogP contribution in [0.1, 0.15) is 12.0 Å². The largest absolute Gasteiger partial charge is 0.369 e. The van der Waals surface area contributed by atoms with Crippen LogP contribution in [-0.4, -0.2) is 30.0 Å². The summed E-state index contributed by atoms with van der Waals surface area (Å²) in [7, 11) is 0. The predicted octanol–water partition coefficient (Wildman–Crippen LogP) is 1.56. The van der Waals surface area contributed by atoms with Crippen molar-refractivity contribution in [3.8, 4) is 0 Å². The van der Waals surface area contributed by atoms with Gasteiger partial charge in [0.2, 0.25) is 5.91 Å². The van der Waals surface area contributed by atoms with E-state index in [4.69, 9.17) is 5.73 Å². The topological polar surface area (TPSA) is 55.1 Å². The fourth-order valence-corrected chi connectivity index (χ4v) is 3.37. The summed E-state index contributed by atoms with van der Waals surface area (Å²) in [6.07, 6.45) is 1.70. The first kappa shape index (κ1) is 14.3. The van der Waals surface area contributed by atoms with E-state index in [1.165, 1.54) is 17.9 Å². The molecule has 1 saturated heterocycles. The van der Waals surface area contributed by atoms with Gasteiger partial charge in [-0.1, -0.05) is 12.1 Å². The maximum Gasteiger partial charge on any atom is 0.222 e. The Morgan fingerprint density at radius 2 is 2.21 bits per heavy atom. The van der Waals surface area contributed by atoms with Gasteiger partial charge in [0.1, 0.15) is 5.82 Å². The van der Waals surface area contributed by atoms with Gasteiger partial charge in [-0.25, -0.2) is 4.39 Å². The molecule has 1 fully saturated rings. The van der Waals surface area contributed by atoms with Crippen molar-refractivity contribution in [2.45, 2.75) is 18.9 Å². The normalized spacial score (nSPS) is 20.4. The zero-order valence-electron chi connectivity index (χ0n) is 10.8. The third kappa shape index (κ3) is 4.51. The Morgan fingerprint density at radius 3 is 2.79 bits per heavy atom. The molecule has 1 aromatic rings. The number of nitrogens with one attached hydrogen (secondary N) is 1. The Bertz CT molecular complexity index is 418. The summed E-state index contributed by atoms with van der Waals surface area (Å²) in [4.78, 5) is 11.5. The molecular weight excluding hydrogens is 263 g/mol. The first-order chi connectivity index (χ1) is 9.15. The van der Waals surface area contributed by atoms with Crippen LogP contribution in [0.5, 0.6) is 0 Å². The van der Waals surface area contributed by atoms with Gasteiger partial charge in [-0.05, 0) is 36.3 Å². The lowest BCUT2D eigenvalue weighted by Crippen LogP contribution is -2.39. The van der Waals surface area contributed by atoms with E-state index in [9.17, 15) is 9.18 Å². The third-order valence-electron chi connectivity index (χ3n) is 3.38. The summed E-state index contributed by atoms with van der Waals surface area (Å²) in [6, 6.07) is 6.72. The van der Waals surface area contributed by atoms with E-state index in [2.05, 4.69) is 5.32 Å². The minimum Gasteiger partial charge on any atom is -0.369 e. The smallest absolute Gasteiger partial charge is 0.222 e. The van der Waals surface area contributed by atoms with Crippen LogP contribution < -0.4 is 11.1 Å². The van der Waals surface area contributed by atoms with Crippen molar-refractivity contribution >= 4 is 17.7 Å². The average Bonchev–Trinajstić information content (AvgIpc) is 2.89. The zero-order chi connectivity index (χ0) is 13.7. The highest BCUT2D eigenvalue weighted by Crippen LogP contribution is 2.17. The molecule has 0 aliphatic carbocycles. The van der Waals surface area contributed by atoms with E-state index < -0.39 is 0 Å². The number of primary amides is 1. The lowest BCUT2D eigenvalue weighted by molar-refractivity contribution is -0.121. The van der Waals surface area contributed by atoms with Gasteiger partial charge in [0.25, 0.3) is 0 Å². The van der Waals surface area contributed by atoms with Crippen molar-refractivity contribution in [1.82, 2.24) is 5.32 Å². The van der Waals surface area contributed by atoms with E-state index in [1.807, 2.05) is 11.8 Å². The van der Waals surface area contributed by atoms with Gasteiger partial charge in [0.15, 0.2) is 0 Å². The molecule has 0 spiro atoms. The maximum absolute atomic E-state index is 12.8. The molecule has 1 aliphatic heterocycles. The molecule has 0 unspecified atom stereocenters. The number of rotatable bonds is 6. The van der Waals surface area contributed by atoms with Gasteiger partial charge in [-0.3, -0.25) is 4.79 Å². The summed E-state index contributed by atoms with van der Waals surface area (Å²) in [5.74, 6) is 1.47. The van der Waals surface area contributed by atoms with E-state index in [1.54, 1.807) is 12.1 Å². The molecule has 3 N–H and O–H groups in total. The van der Waals surface area contributed by atoms with Gasteiger partial charge < -0.3 is 11.1 Å². The number of hydrogen-bond acceptors (Lipinski definition) is 3. The van der Waals surface area contributed by atoms with Crippen molar-refractivity contribution in [2.24, 2.45) is 11.7 Å². The van der Waals surface area contributed by atoms with E-state index >= 15 is 0 Å². The maximum atomic E-state index is 12.8. The zero-order valence-corrected chi connectivity index (χ0v) is 11.6. The van der Waals surface area contributed by atoms with Crippen molar-refractivity contribution in [2.75, 3.05) is 18.1 Å². The minimum atomic E-state index is -0.303. The van der Waals surface area contributed by atoms with Gasteiger partial charge in [-0.15, -0.1) is 0 Å². The molecule has 2 rings (SSSR count). The van der Waals surface area contributed by atoms with Gasteiger partial charge in [-0.2, -0.15) is 11.8 Å². The molecule has 0 aromatic heterocycles. The van der Waals surface area contributed by atoms with Crippen LogP contribution in [0.15, 0.2) is 24.3 Å². The van der Waals surface area contributed by atoms with E-state index in [-0.39, 0.29) is 17.6 Å². The average molecular weight is 282 g/mol. The molecular formula is C14H19FN2OS. The monoisotopic (exact) mass is 282 g/mol. The Balaban J connectivity index is 1.88. The van der Waals surface area contributed by atoms with E-state index in [0.717, 1.165) is 17.7 Å². The van der Waals surface area contributed by atoms with Gasteiger partial charge >= 0.3 is 0 Å².